The Morgan fingerprint density at radius 2 is 2.09 bits per heavy atom. The molecule has 1 heterocycles. The molecule has 1 aromatic carbocycles. The van der Waals surface area contributed by atoms with Gasteiger partial charge in [-0.15, -0.1) is 0 Å². The molecule has 4 N–H and O–H groups in total. The van der Waals surface area contributed by atoms with Gasteiger partial charge in [0.25, 0.3) is 0 Å². The number of benzene rings is 1. The fourth-order valence-corrected chi connectivity index (χ4v) is 2.89. The third-order valence-corrected chi connectivity index (χ3v) is 4.11. The van der Waals surface area contributed by atoms with Gasteiger partial charge >= 0.3 is 5.97 Å². The number of rotatable bonds is 5. The van der Waals surface area contributed by atoms with Crippen molar-refractivity contribution in [2.24, 2.45) is 5.92 Å². The quantitative estimate of drug-likeness (QED) is 0.721. The van der Waals surface area contributed by atoms with Gasteiger partial charge in [-0.3, -0.25) is 14.5 Å². The highest BCUT2D eigenvalue weighted by Gasteiger charge is 2.32. The summed E-state index contributed by atoms with van der Waals surface area (Å²) in [6.07, 6.45) is 2.14. The van der Waals surface area contributed by atoms with Crippen molar-refractivity contribution in [2.45, 2.75) is 32.2 Å². The van der Waals surface area contributed by atoms with Crippen LogP contribution in [-0.4, -0.2) is 41.0 Å². The SMILES string of the molecule is CCC(C(=O)Nc1ccc(N)cc1)N1CCCC(C(=O)O)C1. The summed E-state index contributed by atoms with van der Waals surface area (Å²) in [5, 5.41) is 12.0. The fraction of sp³-hybridized carbons (Fsp3) is 0.500. The van der Waals surface area contributed by atoms with Gasteiger partial charge in [-0.2, -0.15) is 0 Å². The van der Waals surface area contributed by atoms with Crippen LogP contribution in [0.2, 0.25) is 0 Å². The Labute approximate surface area is 130 Å². The van der Waals surface area contributed by atoms with Crippen LogP contribution in [-0.2, 0) is 9.59 Å². The lowest BCUT2D eigenvalue weighted by Crippen LogP contribution is -2.49. The molecule has 0 spiro atoms. The molecule has 6 heteroatoms. The molecule has 2 atom stereocenters. The number of nitrogen functional groups attached to an aromatic ring is 1. The van der Waals surface area contributed by atoms with E-state index in [1.165, 1.54) is 0 Å². The predicted molar refractivity (Wildman–Crippen MR) is 85.5 cm³/mol. The van der Waals surface area contributed by atoms with Crippen LogP contribution < -0.4 is 11.1 Å². The van der Waals surface area contributed by atoms with E-state index >= 15 is 0 Å². The van der Waals surface area contributed by atoms with Crippen LogP contribution in [0.5, 0.6) is 0 Å². The van der Waals surface area contributed by atoms with Crippen molar-refractivity contribution in [3.05, 3.63) is 24.3 Å². The molecule has 0 aliphatic carbocycles. The Hall–Kier alpha value is -2.08. The number of likely N-dealkylation sites (tertiary alicyclic amines) is 1. The molecule has 0 saturated carbocycles. The zero-order valence-corrected chi connectivity index (χ0v) is 12.8. The Balaban J connectivity index is 2.02. The molecule has 22 heavy (non-hydrogen) atoms. The Kier molecular flexibility index (Phi) is 5.38. The van der Waals surface area contributed by atoms with Crippen LogP contribution in [0, 0.1) is 5.92 Å². The van der Waals surface area contributed by atoms with Gasteiger partial charge in [0.15, 0.2) is 0 Å². The molecule has 0 radical (unpaired) electrons. The molecule has 1 aliphatic heterocycles. The van der Waals surface area contributed by atoms with E-state index in [4.69, 9.17) is 5.73 Å². The first-order valence-corrected chi connectivity index (χ1v) is 7.64. The van der Waals surface area contributed by atoms with E-state index in [-0.39, 0.29) is 17.9 Å². The third-order valence-electron chi connectivity index (χ3n) is 4.11. The topological polar surface area (TPSA) is 95.7 Å². The second-order valence-corrected chi connectivity index (χ2v) is 5.71. The number of nitrogens with zero attached hydrogens (tertiary/aromatic N) is 1. The van der Waals surface area contributed by atoms with Gasteiger partial charge in [0.1, 0.15) is 0 Å². The molecular weight excluding hydrogens is 282 g/mol. The lowest BCUT2D eigenvalue weighted by molar-refractivity contribution is -0.144. The summed E-state index contributed by atoms with van der Waals surface area (Å²) in [5.41, 5.74) is 6.97. The number of carboxylic acids is 1. The minimum Gasteiger partial charge on any atom is -0.481 e. The first-order chi connectivity index (χ1) is 10.5. The van der Waals surface area contributed by atoms with Crippen molar-refractivity contribution in [1.29, 1.82) is 0 Å². The van der Waals surface area contributed by atoms with Crippen LogP contribution in [0.4, 0.5) is 11.4 Å². The van der Waals surface area contributed by atoms with E-state index < -0.39 is 5.97 Å². The highest BCUT2D eigenvalue weighted by atomic mass is 16.4. The van der Waals surface area contributed by atoms with E-state index in [1.807, 2.05) is 11.8 Å². The molecule has 1 fully saturated rings. The molecule has 1 aromatic rings. The van der Waals surface area contributed by atoms with E-state index in [9.17, 15) is 14.7 Å². The number of piperidine rings is 1. The maximum atomic E-state index is 12.5. The number of hydrogen-bond donors (Lipinski definition) is 3. The van der Waals surface area contributed by atoms with E-state index in [0.717, 1.165) is 13.0 Å². The summed E-state index contributed by atoms with van der Waals surface area (Å²) in [6, 6.07) is 6.68. The highest BCUT2D eigenvalue weighted by molar-refractivity contribution is 5.95. The molecule has 1 amide bonds. The van der Waals surface area contributed by atoms with Gasteiger partial charge in [0.05, 0.1) is 12.0 Å². The summed E-state index contributed by atoms with van der Waals surface area (Å²) < 4.78 is 0. The van der Waals surface area contributed by atoms with Gasteiger partial charge in [0.2, 0.25) is 5.91 Å². The molecule has 1 saturated heterocycles. The second-order valence-electron chi connectivity index (χ2n) is 5.71. The average Bonchev–Trinajstić information content (AvgIpc) is 2.50. The van der Waals surface area contributed by atoms with Crippen molar-refractivity contribution >= 4 is 23.3 Å². The largest absolute Gasteiger partial charge is 0.481 e. The summed E-state index contributed by atoms with van der Waals surface area (Å²) >= 11 is 0. The molecule has 0 bridgehead atoms. The number of aliphatic carboxylic acids is 1. The van der Waals surface area contributed by atoms with Crippen molar-refractivity contribution in [3.8, 4) is 0 Å². The minimum absolute atomic E-state index is 0.0988. The normalized spacial score (nSPS) is 20.3. The lowest BCUT2D eigenvalue weighted by atomic mass is 9.96. The third kappa shape index (κ3) is 3.98. The van der Waals surface area contributed by atoms with Crippen LogP contribution in [0.3, 0.4) is 0 Å². The Morgan fingerprint density at radius 1 is 1.41 bits per heavy atom. The van der Waals surface area contributed by atoms with Crippen molar-refractivity contribution in [3.63, 3.8) is 0 Å². The smallest absolute Gasteiger partial charge is 0.307 e. The minimum atomic E-state index is -0.779. The fourth-order valence-electron chi connectivity index (χ4n) is 2.89. The highest BCUT2D eigenvalue weighted by Crippen LogP contribution is 2.21. The molecule has 2 rings (SSSR count). The Bertz CT molecular complexity index is 530. The number of amides is 1. The monoisotopic (exact) mass is 305 g/mol. The summed E-state index contributed by atoms with van der Waals surface area (Å²) in [4.78, 5) is 25.6. The van der Waals surface area contributed by atoms with Gasteiger partial charge < -0.3 is 16.2 Å². The molecule has 120 valence electrons. The van der Waals surface area contributed by atoms with Gasteiger partial charge in [-0.05, 0) is 50.1 Å². The number of carbonyl (C=O) groups is 2. The van der Waals surface area contributed by atoms with Crippen molar-refractivity contribution in [1.82, 2.24) is 4.90 Å². The molecular formula is C16H23N3O3. The number of carbonyl (C=O) groups excluding carboxylic acids is 1. The first kappa shape index (κ1) is 16.3. The number of nitrogens with two attached hydrogens (primary N) is 1. The number of carboxylic acid groups (broad SMARTS) is 1. The average molecular weight is 305 g/mol. The van der Waals surface area contributed by atoms with Gasteiger partial charge in [-0.25, -0.2) is 0 Å². The van der Waals surface area contributed by atoms with E-state index in [0.29, 0.717) is 30.8 Å². The molecule has 6 nitrogen and oxygen atoms in total. The van der Waals surface area contributed by atoms with Crippen molar-refractivity contribution < 1.29 is 14.7 Å². The number of nitrogens with one attached hydrogen (secondary N) is 1. The standard InChI is InChI=1S/C16H23N3O3/c1-2-14(19-9-3-4-11(10-19)16(21)22)15(20)18-13-7-5-12(17)6-8-13/h5-8,11,14H,2-4,9-10,17H2,1H3,(H,18,20)(H,21,22). The van der Waals surface area contributed by atoms with Crippen LogP contribution >= 0.6 is 0 Å². The maximum absolute atomic E-state index is 12.5. The summed E-state index contributed by atoms with van der Waals surface area (Å²) in [7, 11) is 0. The van der Waals surface area contributed by atoms with Crippen LogP contribution in [0.15, 0.2) is 24.3 Å². The summed E-state index contributed by atoms with van der Waals surface area (Å²) in [6.45, 7) is 3.14. The zero-order valence-electron chi connectivity index (χ0n) is 12.8. The van der Waals surface area contributed by atoms with Crippen molar-refractivity contribution in [2.75, 3.05) is 24.1 Å². The number of hydrogen-bond acceptors (Lipinski definition) is 4. The molecule has 1 aliphatic rings. The second kappa shape index (κ2) is 7.26. The first-order valence-electron chi connectivity index (χ1n) is 7.64. The van der Waals surface area contributed by atoms with Crippen LogP contribution in [0.25, 0.3) is 0 Å². The lowest BCUT2D eigenvalue weighted by Gasteiger charge is -2.35. The van der Waals surface area contributed by atoms with Crippen LogP contribution in [0.1, 0.15) is 26.2 Å². The van der Waals surface area contributed by atoms with E-state index in [1.54, 1.807) is 24.3 Å². The van der Waals surface area contributed by atoms with E-state index in [2.05, 4.69) is 5.32 Å². The van der Waals surface area contributed by atoms with Gasteiger partial charge in [-0.1, -0.05) is 6.92 Å². The van der Waals surface area contributed by atoms with Gasteiger partial charge in [0, 0.05) is 17.9 Å². The predicted octanol–water partition coefficient (Wildman–Crippen LogP) is 1.78. The maximum Gasteiger partial charge on any atom is 0.307 e. The number of anilines is 2. The zero-order chi connectivity index (χ0) is 16.1. The molecule has 0 aromatic heterocycles. The Morgan fingerprint density at radius 3 is 2.68 bits per heavy atom. The molecule has 2 unspecified atom stereocenters. The summed E-state index contributed by atoms with van der Waals surface area (Å²) in [5.74, 6) is -1.26.